The van der Waals surface area contributed by atoms with Gasteiger partial charge in [-0.15, -0.1) is 0 Å². The molecule has 19 heavy (non-hydrogen) atoms. The molecule has 1 aliphatic carbocycles. The number of ether oxygens (including phenoxy) is 1. The number of nitrogens with zero attached hydrogens (tertiary/aromatic N) is 1. The first-order valence-electron chi connectivity index (χ1n) is 7.12. The zero-order valence-electron chi connectivity index (χ0n) is 11.1. The zero-order chi connectivity index (χ0) is 13.1. The van der Waals surface area contributed by atoms with E-state index in [-0.39, 0.29) is 5.54 Å². The summed E-state index contributed by atoms with van der Waals surface area (Å²) in [5, 5.41) is 0. The maximum Gasteiger partial charge on any atom is 0.235 e. The predicted molar refractivity (Wildman–Crippen MR) is 72.9 cm³/mol. The van der Waals surface area contributed by atoms with E-state index in [9.17, 15) is 4.79 Å². The summed E-state index contributed by atoms with van der Waals surface area (Å²) in [6.45, 7) is 1.67. The van der Waals surface area contributed by atoms with Crippen LogP contribution in [-0.2, 0) is 15.1 Å². The molecule has 1 saturated carbocycles. The normalized spacial score (nSPS) is 22.3. The van der Waals surface area contributed by atoms with Crippen LogP contribution in [-0.4, -0.2) is 19.3 Å². The smallest absolute Gasteiger partial charge is 0.235 e. The van der Waals surface area contributed by atoms with Crippen LogP contribution in [0.25, 0.3) is 0 Å². The molecule has 1 aliphatic heterocycles. The quantitative estimate of drug-likeness (QED) is 0.615. The van der Waals surface area contributed by atoms with Gasteiger partial charge in [-0.25, -0.2) is 4.79 Å². The van der Waals surface area contributed by atoms with Crippen LogP contribution < -0.4 is 0 Å². The molecule has 1 heterocycles. The van der Waals surface area contributed by atoms with Crippen LogP contribution in [0.3, 0.4) is 0 Å². The molecule has 0 atom stereocenters. The molecular formula is C16H19NO2. The second-order valence-corrected chi connectivity index (χ2v) is 5.56. The lowest BCUT2D eigenvalue weighted by Crippen LogP contribution is -2.33. The van der Waals surface area contributed by atoms with Crippen molar-refractivity contribution in [3.05, 3.63) is 35.4 Å². The van der Waals surface area contributed by atoms with Gasteiger partial charge >= 0.3 is 0 Å². The number of aliphatic imine (C=N–C) groups is 1. The lowest BCUT2D eigenvalue weighted by Gasteiger charge is -2.40. The Morgan fingerprint density at radius 1 is 1.21 bits per heavy atom. The summed E-state index contributed by atoms with van der Waals surface area (Å²) in [4.78, 5) is 14.9. The van der Waals surface area contributed by atoms with Crippen molar-refractivity contribution >= 4 is 6.08 Å². The molecule has 3 nitrogen and oxygen atoms in total. The number of hydrogen-bond acceptors (Lipinski definition) is 3. The van der Waals surface area contributed by atoms with Gasteiger partial charge in [0.2, 0.25) is 6.08 Å². The summed E-state index contributed by atoms with van der Waals surface area (Å²) < 4.78 is 5.45. The Kier molecular flexibility index (Phi) is 3.50. The van der Waals surface area contributed by atoms with Gasteiger partial charge in [0.15, 0.2) is 0 Å². The third kappa shape index (κ3) is 2.24. The van der Waals surface area contributed by atoms with Gasteiger partial charge in [-0.05, 0) is 49.1 Å². The fourth-order valence-corrected chi connectivity index (χ4v) is 3.33. The Balaban J connectivity index is 1.98. The molecule has 0 aromatic heterocycles. The Morgan fingerprint density at radius 3 is 2.58 bits per heavy atom. The van der Waals surface area contributed by atoms with Crippen LogP contribution in [0.2, 0.25) is 0 Å². The minimum Gasteiger partial charge on any atom is -0.381 e. The third-order valence-corrected chi connectivity index (χ3v) is 4.56. The van der Waals surface area contributed by atoms with Crippen molar-refractivity contribution in [1.29, 1.82) is 0 Å². The molecular weight excluding hydrogens is 238 g/mol. The largest absolute Gasteiger partial charge is 0.381 e. The van der Waals surface area contributed by atoms with Crippen LogP contribution in [0, 0.1) is 0 Å². The fourth-order valence-electron chi connectivity index (χ4n) is 3.33. The summed E-state index contributed by atoms with van der Waals surface area (Å²) in [6, 6.07) is 8.49. The summed E-state index contributed by atoms with van der Waals surface area (Å²) >= 11 is 0. The first kappa shape index (κ1) is 12.6. The maximum absolute atomic E-state index is 10.8. The average molecular weight is 257 g/mol. The molecule has 0 unspecified atom stereocenters. The number of benzene rings is 1. The highest BCUT2D eigenvalue weighted by molar-refractivity contribution is 5.43. The van der Waals surface area contributed by atoms with E-state index in [4.69, 9.17) is 4.74 Å². The first-order chi connectivity index (χ1) is 9.36. The molecule has 0 spiro atoms. The maximum atomic E-state index is 10.8. The van der Waals surface area contributed by atoms with E-state index in [1.807, 2.05) is 0 Å². The number of hydrogen-bond donors (Lipinski definition) is 0. The highest BCUT2D eigenvalue weighted by Gasteiger charge is 2.41. The van der Waals surface area contributed by atoms with Gasteiger partial charge in [0.1, 0.15) is 0 Å². The molecule has 3 rings (SSSR count). The fraction of sp³-hybridized carbons (Fsp3) is 0.562. The summed E-state index contributed by atoms with van der Waals surface area (Å²) in [5.41, 5.74) is 2.33. The highest BCUT2D eigenvalue weighted by atomic mass is 16.5. The molecule has 3 heteroatoms. The second-order valence-electron chi connectivity index (χ2n) is 5.56. The van der Waals surface area contributed by atoms with Gasteiger partial charge in [0.25, 0.3) is 0 Å². The van der Waals surface area contributed by atoms with Crippen molar-refractivity contribution < 1.29 is 9.53 Å². The molecule has 1 saturated heterocycles. The van der Waals surface area contributed by atoms with Crippen molar-refractivity contribution in [2.75, 3.05) is 13.2 Å². The van der Waals surface area contributed by atoms with Crippen molar-refractivity contribution in [2.24, 2.45) is 4.99 Å². The van der Waals surface area contributed by atoms with Gasteiger partial charge in [0, 0.05) is 13.2 Å². The van der Waals surface area contributed by atoms with Crippen molar-refractivity contribution in [1.82, 2.24) is 0 Å². The van der Waals surface area contributed by atoms with E-state index in [1.54, 1.807) is 6.08 Å². The van der Waals surface area contributed by atoms with E-state index in [2.05, 4.69) is 29.3 Å². The minimum atomic E-state index is -0.281. The molecule has 2 fully saturated rings. The molecule has 2 aliphatic rings. The zero-order valence-corrected chi connectivity index (χ0v) is 11.1. The summed E-state index contributed by atoms with van der Waals surface area (Å²) in [5.74, 6) is 0.546. The molecule has 0 bridgehead atoms. The van der Waals surface area contributed by atoms with E-state index in [1.165, 1.54) is 11.1 Å². The minimum absolute atomic E-state index is 0.281. The monoisotopic (exact) mass is 257 g/mol. The van der Waals surface area contributed by atoms with Crippen molar-refractivity contribution in [3.8, 4) is 0 Å². The van der Waals surface area contributed by atoms with Crippen LogP contribution >= 0.6 is 0 Å². The Bertz CT molecular complexity index is 495. The average Bonchev–Trinajstić information content (AvgIpc) is 2.44. The van der Waals surface area contributed by atoms with E-state index in [0.29, 0.717) is 5.92 Å². The SMILES string of the molecule is O=C=NC1(c2ccccc2C2CCOCC2)CCC1. The van der Waals surface area contributed by atoms with Gasteiger partial charge < -0.3 is 4.74 Å². The Labute approximate surface area is 113 Å². The Morgan fingerprint density at radius 2 is 1.95 bits per heavy atom. The van der Waals surface area contributed by atoms with Crippen LogP contribution in [0.4, 0.5) is 0 Å². The van der Waals surface area contributed by atoms with Crippen molar-refractivity contribution in [3.63, 3.8) is 0 Å². The lowest BCUT2D eigenvalue weighted by atomic mass is 9.69. The highest BCUT2D eigenvalue weighted by Crippen LogP contribution is 2.48. The second kappa shape index (κ2) is 5.28. The molecule has 1 aromatic carbocycles. The van der Waals surface area contributed by atoms with Crippen LogP contribution in [0.1, 0.15) is 49.1 Å². The molecule has 0 N–H and O–H groups in total. The van der Waals surface area contributed by atoms with Crippen LogP contribution in [0.5, 0.6) is 0 Å². The topological polar surface area (TPSA) is 38.7 Å². The number of isocyanates is 1. The van der Waals surface area contributed by atoms with E-state index in [0.717, 1.165) is 45.3 Å². The molecule has 0 amide bonds. The van der Waals surface area contributed by atoms with Gasteiger partial charge in [0.05, 0.1) is 5.54 Å². The molecule has 0 radical (unpaired) electrons. The van der Waals surface area contributed by atoms with Gasteiger partial charge in [-0.2, -0.15) is 4.99 Å². The first-order valence-corrected chi connectivity index (χ1v) is 7.12. The summed E-state index contributed by atoms with van der Waals surface area (Å²) in [6.07, 6.45) is 7.02. The summed E-state index contributed by atoms with van der Waals surface area (Å²) in [7, 11) is 0. The molecule has 100 valence electrons. The van der Waals surface area contributed by atoms with E-state index < -0.39 is 0 Å². The van der Waals surface area contributed by atoms with E-state index >= 15 is 0 Å². The number of rotatable bonds is 3. The Hall–Kier alpha value is -1.44. The standard InChI is InChI=1S/C16H19NO2/c18-12-17-16(8-3-9-16)15-5-2-1-4-14(15)13-6-10-19-11-7-13/h1-2,4-5,13H,3,6-11H2. The number of carbonyl (C=O) groups excluding carboxylic acids is 1. The lowest BCUT2D eigenvalue weighted by molar-refractivity contribution is 0.0845. The predicted octanol–water partition coefficient (Wildman–Crippen LogP) is 3.30. The van der Waals surface area contributed by atoms with Crippen molar-refractivity contribution in [2.45, 2.75) is 43.6 Å². The van der Waals surface area contributed by atoms with Crippen LogP contribution in [0.15, 0.2) is 29.3 Å². The van der Waals surface area contributed by atoms with Gasteiger partial charge in [-0.3, -0.25) is 0 Å². The van der Waals surface area contributed by atoms with Gasteiger partial charge in [-0.1, -0.05) is 24.3 Å². The molecule has 1 aromatic rings. The third-order valence-electron chi connectivity index (χ3n) is 4.56.